The Hall–Kier alpha value is -3.05. The van der Waals surface area contributed by atoms with Gasteiger partial charge < -0.3 is 26.5 Å². The van der Waals surface area contributed by atoms with Gasteiger partial charge in [-0.2, -0.15) is 4.39 Å². The molecule has 0 saturated carbocycles. The van der Waals surface area contributed by atoms with E-state index < -0.39 is 29.0 Å². The number of anilines is 3. The molecule has 0 aliphatic carbocycles. The highest BCUT2D eigenvalue weighted by atomic mass is 35.5. The maximum absolute atomic E-state index is 14.6. The number of likely N-dealkylation sites (tertiary alicyclic amines) is 1. The van der Waals surface area contributed by atoms with Crippen LogP contribution in [0, 0.1) is 17.6 Å². The van der Waals surface area contributed by atoms with Gasteiger partial charge in [-0.1, -0.05) is 11.6 Å². The molecular formula is C22H26ClF2N7O2. The summed E-state index contributed by atoms with van der Waals surface area (Å²) in [4.78, 5) is 36.0. The fraction of sp³-hybridized carbons (Fsp3) is 0.455. The van der Waals surface area contributed by atoms with Crippen molar-refractivity contribution >= 4 is 41.1 Å². The molecule has 5 N–H and O–H groups in total. The Kier molecular flexibility index (Phi) is 6.85. The lowest BCUT2D eigenvalue weighted by Gasteiger charge is -2.48. The number of aldehydes is 1. The van der Waals surface area contributed by atoms with E-state index in [1.165, 1.54) is 18.5 Å². The number of benzene rings is 1. The summed E-state index contributed by atoms with van der Waals surface area (Å²) < 4.78 is 28.5. The van der Waals surface area contributed by atoms with Crippen LogP contribution < -0.4 is 21.7 Å². The Morgan fingerprint density at radius 2 is 2.06 bits per heavy atom. The number of rotatable bonds is 6. The van der Waals surface area contributed by atoms with Gasteiger partial charge in [0.15, 0.2) is 11.6 Å². The summed E-state index contributed by atoms with van der Waals surface area (Å²) in [6.45, 7) is 1.49. The highest BCUT2D eigenvalue weighted by Crippen LogP contribution is 2.33. The Morgan fingerprint density at radius 3 is 2.76 bits per heavy atom. The zero-order valence-electron chi connectivity index (χ0n) is 18.4. The molecule has 4 rings (SSSR count). The first kappa shape index (κ1) is 24.1. The monoisotopic (exact) mass is 493 g/mol. The molecule has 0 unspecified atom stereocenters. The molecule has 0 radical (unpaired) electrons. The predicted octanol–water partition coefficient (Wildman–Crippen LogP) is 1.82. The van der Waals surface area contributed by atoms with Gasteiger partial charge in [0.05, 0.1) is 5.92 Å². The lowest BCUT2D eigenvalue weighted by atomic mass is 9.84. The molecule has 182 valence electrons. The number of aromatic nitrogens is 2. The van der Waals surface area contributed by atoms with Crippen LogP contribution in [-0.4, -0.2) is 64.8 Å². The SMILES string of the molecule is NC(=O)[C@@H]1CCN(c2ncnc(N)c2F)C[C@H]1N1CCC[C@](C=O)(Nc2cc(F)cc(Cl)c2)C1. The molecule has 0 bridgehead atoms. The minimum Gasteiger partial charge on any atom is -0.381 e. The van der Waals surface area contributed by atoms with E-state index in [1.807, 2.05) is 4.90 Å². The van der Waals surface area contributed by atoms with Gasteiger partial charge in [-0.05, 0) is 44.0 Å². The lowest BCUT2D eigenvalue weighted by Crippen LogP contribution is -2.63. The van der Waals surface area contributed by atoms with E-state index in [4.69, 9.17) is 23.1 Å². The van der Waals surface area contributed by atoms with E-state index in [1.54, 1.807) is 11.0 Å². The van der Waals surface area contributed by atoms with Gasteiger partial charge in [-0.25, -0.2) is 14.4 Å². The topological polar surface area (TPSA) is 130 Å². The van der Waals surface area contributed by atoms with Crippen LogP contribution in [0.15, 0.2) is 24.5 Å². The van der Waals surface area contributed by atoms with Crippen molar-refractivity contribution in [2.24, 2.45) is 11.7 Å². The number of halogens is 3. The molecule has 2 fully saturated rings. The zero-order valence-corrected chi connectivity index (χ0v) is 19.1. The van der Waals surface area contributed by atoms with Crippen molar-refractivity contribution in [3.63, 3.8) is 0 Å². The third-order valence-electron chi connectivity index (χ3n) is 6.55. The summed E-state index contributed by atoms with van der Waals surface area (Å²) in [7, 11) is 0. The van der Waals surface area contributed by atoms with Gasteiger partial charge >= 0.3 is 0 Å². The number of nitrogens with two attached hydrogens (primary N) is 2. The van der Waals surface area contributed by atoms with Crippen LogP contribution in [0.2, 0.25) is 5.02 Å². The molecule has 2 aromatic rings. The predicted molar refractivity (Wildman–Crippen MR) is 124 cm³/mol. The van der Waals surface area contributed by atoms with Crippen LogP contribution in [0.3, 0.4) is 0 Å². The molecule has 1 aromatic carbocycles. The van der Waals surface area contributed by atoms with Crippen LogP contribution in [0.1, 0.15) is 19.3 Å². The van der Waals surface area contributed by atoms with E-state index >= 15 is 0 Å². The Bertz CT molecular complexity index is 1070. The van der Waals surface area contributed by atoms with Gasteiger partial charge in [0.1, 0.15) is 24.0 Å². The van der Waals surface area contributed by atoms with Crippen molar-refractivity contribution in [3.05, 3.63) is 41.2 Å². The number of carbonyl (C=O) groups excluding carboxylic acids is 2. The second kappa shape index (κ2) is 9.67. The number of primary amides is 1. The second-order valence-corrected chi connectivity index (χ2v) is 9.27. The molecule has 34 heavy (non-hydrogen) atoms. The Balaban J connectivity index is 1.59. The Morgan fingerprint density at radius 1 is 1.26 bits per heavy atom. The van der Waals surface area contributed by atoms with Crippen molar-refractivity contribution < 1.29 is 18.4 Å². The molecule has 12 heteroatoms. The quantitative estimate of drug-likeness (QED) is 0.519. The van der Waals surface area contributed by atoms with Gasteiger partial charge in [-0.3, -0.25) is 9.69 Å². The summed E-state index contributed by atoms with van der Waals surface area (Å²) in [5.41, 5.74) is 10.7. The van der Waals surface area contributed by atoms with E-state index in [0.717, 1.165) is 6.29 Å². The number of amides is 1. The number of hydrogen-bond acceptors (Lipinski definition) is 8. The number of nitrogen functional groups attached to an aromatic ring is 1. The largest absolute Gasteiger partial charge is 0.381 e. The van der Waals surface area contributed by atoms with Crippen LogP contribution in [0.4, 0.5) is 26.1 Å². The van der Waals surface area contributed by atoms with Gasteiger partial charge in [-0.15, -0.1) is 0 Å². The first-order valence-corrected chi connectivity index (χ1v) is 11.3. The molecule has 9 nitrogen and oxygen atoms in total. The highest BCUT2D eigenvalue weighted by molar-refractivity contribution is 6.30. The van der Waals surface area contributed by atoms with E-state index in [0.29, 0.717) is 38.0 Å². The van der Waals surface area contributed by atoms with Crippen LogP contribution in [-0.2, 0) is 9.59 Å². The standard InChI is InChI=1S/C22H26ClF2N7O2/c23-13-6-14(24)8-15(7-13)30-22(11-33)3-1-4-32(10-22)17-9-31(5-2-16(17)20(27)34)21-18(25)19(26)28-12-29-21/h6-8,11-12,16-17,30H,1-5,9-10H2,(H2,27,34)(H2,26,28,29)/t16-,17-,22+/m1/s1. The van der Waals surface area contributed by atoms with E-state index in [2.05, 4.69) is 15.3 Å². The summed E-state index contributed by atoms with van der Waals surface area (Å²) in [5.74, 6) is -2.39. The Labute approximate surface area is 200 Å². The van der Waals surface area contributed by atoms with E-state index in [9.17, 15) is 18.4 Å². The smallest absolute Gasteiger partial charge is 0.222 e. The average molecular weight is 494 g/mol. The number of piperidine rings is 2. The lowest BCUT2D eigenvalue weighted by molar-refractivity contribution is -0.125. The molecule has 1 amide bonds. The molecule has 2 aliphatic rings. The molecule has 2 aliphatic heterocycles. The second-order valence-electron chi connectivity index (χ2n) is 8.84. The van der Waals surface area contributed by atoms with Crippen molar-refractivity contribution in [1.82, 2.24) is 14.9 Å². The van der Waals surface area contributed by atoms with Gasteiger partial charge in [0.25, 0.3) is 0 Å². The van der Waals surface area contributed by atoms with Crippen molar-refractivity contribution in [2.75, 3.05) is 42.1 Å². The summed E-state index contributed by atoms with van der Waals surface area (Å²) >= 11 is 5.97. The summed E-state index contributed by atoms with van der Waals surface area (Å²) in [6.07, 6.45) is 3.54. The normalized spacial score (nSPS) is 25.7. The molecule has 0 spiro atoms. The van der Waals surface area contributed by atoms with E-state index in [-0.39, 0.29) is 35.8 Å². The van der Waals surface area contributed by atoms with Crippen molar-refractivity contribution in [1.29, 1.82) is 0 Å². The van der Waals surface area contributed by atoms with Gasteiger partial charge in [0.2, 0.25) is 11.7 Å². The van der Waals surface area contributed by atoms with Crippen molar-refractivity contribution in [3.8, 4) is 0 Å². The number of nitrogens with zero attached hydrogens (tertiary/aromatic N) is 4. The van der Waals surface area contributed by atoms with Crippen LogP contribution >= 0.6 is 11.6 Å². The number of hydrogen-bond donors (Lipinski definition) is 3. The molecule has 2 saturated heterocycles. The zero-order chi connectivity index (χ0) is 24.5. The van der Waals surface area contributed by atoms with Crippen LogP contribution in [0.5, 0.6) is 0 Å². The molecular weight excluding hydrogens is 468 g/mol. The fourth-order valence-electron chi connectivity index (χ4n) is 4.96. The summed E-state index contributed by atoms with van der Waals surface area (Å²) in [5, 5.41) is 3.34. The van der Waals surface area contributed by atoms with Crippen LogP contribution in [0.25, 0.3) is 0 Å². The number of nitrogens with one attached hydrogen (secondary N) is 1. The fourth-order valence-corrected chi connectivity index (χ4v) is 5.18. The minimum atomic E-state index is -1.02. The minimum absolute atomic E-state index is 0.0617. The first-order valence-electron chi connectivity index (χ1n) is 11.0. The number of carbonyl (C=O) groups is 2. The molecule has 3 atom stereocenters. The first-order chi connectivity index (χ1) is 16.2. The summed E-state index contributed by atoms with van der Waals surface area (Å²) in [6, 6.07) is 3.61. The maximum Gasteiger partial charge on any atom is 0.222 e. The third kappa shape index (κ3) is 4.90. The third-order valence-corrected chi connectivity index (χ3v) is 6.77. The molecule has 1 aromatic heterocycles. The van der Waals surface area contributed by atoms with Crippen molar-refractivity contribution in [2.45, 2.75) is 30.8 Å². The average Bonchev–Trinajstić information content (AvgIpc) is 2.80. The highest BCUT2D eigenvalue weighted by Gasteiger charge is 2.43. The molecule has 3 heterocycles. The van der Waals surface area contributed by atoms with Gasteiger partial charge in [0, 0.05) is 36.4 Å². The maximum atomic E-state index is 14.6.